The number of hydrogen-bond acceptors (Lipinski definition) is 6. The number of aromatic nitrogens is 4. The molecule has 3 aromatic rings. The first-order chi connectivity index (χ1) is 13.3. The van der Waals surface area contributed by atoms with Crippen LogP contribution in [0.25, 0.3) is 5.78 Å². The molecule has 0 saturated carbocycles. The number of hydrogen-bond donors (Lipinski definition) is 0. The summed E-state index contributed by atoms with van der Waals surface area (Å²) in [5, 5.41) is 5.02. The molecule has 2 aromatic heterocycles. The Kier molecular flexibility index (Phi) is 4.50. The molecule has 0 spiro atoms. The number of anilines is 1. The quantitative estimate of drug-likeness (QED) is 0.497. The van der Waals surface area contributed by atoms with Crippen LogP contribution in [0.15, 0.2) is 47.3 Å². The van der Waals surface area contributed by atoms with Crippen molar-refractivity contribution in [2.75, 3.05) is 17.7 Å². The second-order valence-electron chi connectivity index (χ2n) is 7.63. The van der Waals surface area contributed by atoms with E-state index in [2.05, 4.69) is 45.9 Å². The van der Waals surface area contributed by atoms with Crippen LogP contribution in [-0.4, -0.2) is 38.2 Å². The highest BCUT2D eigenvalue weighted by Gasteiger charge is 2.38. The zero-order valence-corrected chi connectivity index (χ0v) is 17.5. The Bertz CT molecular complexity index is 1120. The van der Waals surface area contributed by atoms with Crippen molar-refractivity contribution in [3.8, 4) is 0 Å². The molecule has 6 nitrogen and oxygen atoms in total. The molecule has 7 heteroatoms. The van der Waals surface area contributed by atoms with Gasteiger partial charge in [0.1, 0.15) is 0 Å². The number of benzene rings is 1. The zero-order valence-electron chi connectivity index (χ0n) is 16.7. The van der Waals surface area contributed by atoms with Crippen molar-refractivity contribution in [1.82, 2.24) is 19.6 Å². The van der Waals surface area contributed by atoms with E-state index in [0.717, 1.165) is 22.8 Å². The minimum Gasteiger partial charge on any atom is -0.347 e. The van der Waals surface area contributed by atoms with Crippen LogP contribution in [0.4, 0.5) is 5.69 Å². The molecule has 4 rings (SSSR count). The summed E-state index contributed by atoms with van der Waals surface area (Å²) >= 11 is 1.34. The number of nitrogens with zero attached hydrogens (tertiary/aromatic N) is 5. The van der Waals surface area contributed by atoms with Gasteiger partial charge in [0, 0.05) is 41.3 Å². The van der Waals surface area contributed by atoms with Crippen molar-refractivity contribution in [3.63, 3.8) is 0 Å². The van der Waals surface area contributed by atoms with Gasteiger partial charge < -0.3 is 4.90 Å². The largest absolute Gasteiger partial charge is 0.347 e. The lowest BCUT2D eigenvalue weighted by Gasteiger charge is -2.23. The van der Waals surface area contributed by atoms with Gasteiger partial charge in [-0.05, 0) is 31.5 Å². The fourth-order valence-corrected chi connectivity index (χ4v) is 4.44. The maximum Gasteiger partial charge on any atom is 0.253 e. The van der Waals surface area contributed by atoms with Gasteiger partial charge >= 0.3 is 0 Å². The average Bonchev–Trinajstić information content (AvgIpc) is 3.14. The van der Waals surface area contributed by atoms with Crippen LogP contribution < -0.4 is 4.90 Å². The highest BCUT2D eigenvalue weighted by atomic mass is 32.2. The molecule has 0 saturated heterocycles. The molecule has 1 aliphatic heterocycles. The Morgan fingerprint density at radius 1 is 1.21 bits per heavy atom. The normalized spacial score (nSPS) is 16.8. The van der Waals surface area contributed by atoms with Gasteiger partial charge in [0.25, 0.3) is 5.78 Å². The first-order valence-electron chi connectivity index (χ1n) is 9.19. The lowest BCUT2D eigenvalue weighted by atomic mass is 9.83. The molecule has 1 aliphatic rings. The molecule has 0 N–H and O–H groups in total. The van der Waals surface area contributed by atoms with Crippen LogP contribution in [0.3, 0.4) is 0 Å². The van der Waals surface area contributed by atoms with Gasteiger partial charge in [0.2, 0.25) is 5.16 Å². The fourth-order valence-electron chi connectivity index (χ4n) is 3.80. The molecule has 3 heterocycles. The highest BCUT2D eigenvalue weighted by Crippen LogP contribution is 2.46. The summed E-state index contributed by atoms with van der Waals surface area (Å²) < 4.78 is 1.71. The Balaban J connectivity index is 1.53. The van der Waals surface area contributed by atoms with E-state index in [-0.39, 0.29) is 11.2 Å². The molecule has 0 fully saturated rings. The van der Waals surface area contributed by atoms with Crippen LogP contribution in [0, 0.1) is 13.8 Å². The number of likely N-dealkylation sites (N-methyl/N-ethyl adjacent to an activating group) is 1. The van der Waals surface area contributed by atoms with Crippen molar-refractivity contribution in [3.05, 3.63) is 59.1 Å². The van der Waals surface area contributed by atoms with E-state index < -0.39 is 0 Å². The Hall–Kier alpha value is -2.67. The minimum atomic E-state index is -0.203. The van der Waals surface area contributed by atoms with Gasteiger partial charge in [0.15, 0.2) is 5.78 Å². The van der Waals surface area contributed by atoms with Gasteiger partial charge in [-0.1, -0.05) is 43.8 Å². The van der Waals surface area contributed by atoms with E-state index in [1.807, 2.05) is 39.1 Å². The van der Waals surface area contributed by atoms with Crippen molar-refractivity contribution >= 4 is 29.0 Å². The molecule has 0 bridgehead atoms. The lowest BCUT2D eigenvalue weighted by molar-refractivity contribution is -0.112. The Labute approximate surface area is 168 Å². The third-order valence-electron chi connectivity index (χ3n) is 5.18. The van der Waals surface area contributed by atoms with E-state index in [1.165, 1.54) is 17.3 Å². The van der Waals surface area contributed by atoms with Gasteiger partial charge in [-0.25, -0.2) is 9.50 Å². The number of carbonyl (C=O) groups excluding carboxylic acids is 1. The number of aryl methyl sites for hydroxylation is 2. The van der Waals surface area contributed by atoms with Crippen molar-refractivity contribution in [2.24, 2.45) is 0 Å². The number of ketones is 1. The SMILES string of the molecule is Cc1cc(C)n2nc(SCC(=O)/C=C3\N(C)c4ccccc4C3(C)C)nc2n1. The summed E-state index contributed by atoms with van der Waals surface area (Å²) in [4.78, 5) is 23.6. The van der Waals surface area contributed by atoms with Gasteiger partial charge in [-0.15, -0.1) is 5.10 Å². The smallest absolute Gasteiger partial charge is 0.253 e. The van der Waals surface area contributed by atoms with E-state index in [4.69, 9.17) is 0 Å². The van der Waals surface area contributed by atoms with Gasteiger partial charge in [0.05, 0.1) is 5.75 Å². The molecule has 144 valence electrons. The number of fused-ring (bicyclic) bond motifs is 2. The van der Waals surface area contributed by atoms with E-state index >= 15 is 0 Å². The molecule has 0 aliphatic carbocycles. The van der Waals surface area contributed by atoms with Crippen molar-refractivity contribution in [2.45, 2.75) is 38.3 Å². The summed E-state index contributed by atoms with van der Waals surface area (Å²) in [6.45, 7) is 8.21. The molecule has 0 atom stereocenters. The molecule has 28 heavy (non-hydrogen) atoms. The fraction of sp³-hybridized carbons (Fsp3) is 0.333. The predicted molar refractivity (Wildman–Crippen MR) is 112 cm³/mol. The Morgan fingerprint density at radius 3 is 2.71 bits per heavy atom. The standard InChI is InChI=1S/C21H23N5OS/c1-13-10-14(2)26-19(22-13)23-20(24-26)28-12-15(27)11-18-21(3,4)16-8-6-7-9-17(16)25(18)5/h6-11H,12H2,1-5H3/b18-11-. The van der Waals surface area contributed by atoms with Crippen LogP contribution in [0.1, 0.15) is 30.8 Å². The molecular formula is C21H23N5OS. The van der Waals surface area contributed by atoms with E-state index in [1.54, 1.807) is 10.6 Å². The second-order valence-corrected chi connectivity index (χ2v) is 8.57. The van der Waals surface area contributed by atoms with Crippen LogP contribution in [0.5, 0.6) is 0 Å². The summed E-state index contributed by atoms with van der Waals surface area (Å²) in [7, 11) is 2.01. The van der Waals surface area contributed by atoms with Gasteiger partial charge in [-0.2, -0.15) is 4.98 Å². The van der Waals surface area contributed by atoms with Crippen molar-refractivity contribution < 1.29 is 4.79 Å². The monoisotopic (exact) mass is 393 g/mol. The van der Waals surface area contributed by atoms with Gasteiger partial charge in [-0.3, -0.25) is 4.79 Å². The molecule has 0 amide bonds. The first kappa shape index (κ1) is 18.7. The maximum atomic E-state index is 12.7. The number of para-hydroxylation sites is 1. The third-order valence-corrected chi connectivity index (χ3v) is 6.04. The second kappa shape index (κ2) is 6.74. The number of carbonyl (C=O) groups is 1. The summed E-state index contributed by atoms with van der Waals surface area (Å²) in [5.74, 6) is 0.906. The number of thioether (sulfide) groups is 1. The summed E-state index contributed by atoms with van der Waals surface area (Å²) in [5.41, 5.74) is 5.07. The van der Waals surface area contributed by atoms with Crippen molar-refractivity contribution in [1.29, 1.82) is 0 Å². The lowest BCUT2D eigenvalue weighted by Crippen LogP contribution is -2.24. The summed E-state index contributed by atoms with van der Waals surface area (Å²) in [6, 6.07) is 10.3. The van der Waals surface area contributed by atoms with E-state index in [9.17, 15) is 4.79 Å². The van der Waals surface area contributed by atoms with Crippen LogP contribution in [0.2, 0.25) is 0 Å². The molecule has 1 aromatic carbocycles. The predicted octanol–water partition coefficient (Wildman–Crippen LogP) is 3.71. The highest BCUT2D eigenvalue weighted by molar-refractivity contribution is 7.99. The zero-order chi connectivity index (χ0) is 20.1. The minimum absolute atomic E-state index is 0.0486. The summed E-state index contributed by atoms with van der Waals surface area (Å²) in [6.07, 6.45) is 1.76. The third kappa shape index (κ3) is 3.09. The van der Waals surface area contributed by atoms with Crippen LogP contribution in [-0.2, 0) is 10.2 Å². The number of rotatable bonds is 4. The van der Waals surface area contributed by atoms with E-state index in [0.29, 0.717) is 16.7 Å². The maximum absolute atomic E-state index is 12.7. The molecule has 0 radical (unpaired) electrons. The number of allylic oxidation sites excluding steroid dienone is 2. The molecular weight excluding hydrogens is 370 g/mol. The molecule has 0 unspecified atom stereocenters. The Morgan fingerprint density at radius 2 is 1.96 bits per heavy atom. The van der Waals surface area contributed by atoms with Crippen LogP contribution >= 0.6 is 11.8 Å². The first-order valence-corrected chi connectivity index (χ1v) is 10.2. The average molecular weight is 394 g/mol. The topological polar surface area (TPSA) is 63.4 Å².